The van der Waals surface area contributed by atoms with Crippen LogP contribution in [0.2, 0.25) is 0 Å². The highest BCUT2D eigenvalue weighted by Gasteiger charge is 2.26. The Bertz CT molecular complexity index is 668. The van der Waals surface area contributed by atoms with Crippen LogP contribution in [0.1, 0.15) is 23.2 Å². The molecule has 0 spiro atoms. The number of ether oxygens (including phenoxy) is 1. The van der Waals surface area contributed by atoms with Crippen LogP contribution in [0.4, 0.5) is 0 Å². The van der Waals surface area contributed by atoms with Gasteiger partial charge in [0.15, 0.2) is 5.78 Å². The average Bonchev–Trinajstić information content (AvgIpc) is 2.94. The number of benzene rings is 1. The van der Waals surface area contributed by atoms with Crippen molar-refractivity contribution in [2.24, 2.45) is 0 Å². The summed E-state index contributed by atoms with van der Waals surface area (Å²) in [5, 5.41) is 0. The first-order chi connectivity index (χ1) is 8.65. The number of hydrogen-bond acceptors (Lipinski definition) is 3. The number of H-pyrrole nitrogens is 2. The Morgan fingerprint density at radius 1 is 1.33 bits per heavy atom. The molecule has 0 amide bonds. The van der Waals surface area contributed by atoms with Crippen molar-refractivity contribution in [2.75, 3.05) is 6.61 Å². The Kier molecular flexibility index (Phi) is 2.83. The van der Waals surface area contributed by atoms with Crippen molar-refractivity contribution in [3.63, 3.8) is 0 Å². The number of nitrogens with one attached hydrogen (secondary N) is 2. The van der Waals surface area contributed by atoms with Crippen LogP contribution in [0.25, 0.3) is 11.0 Å². The number of aromatic amines is 2. The minimum Gasteiger partial charge on any atom is -0.370 e. The SMILES string of the molecule is O=C(c1cc2[nH]c(=O)[nH]c2cc1Br)C1CCCO1. The molecule has 1 fully saturated rings. The van der Waals surface area contributed by atoms with Crippen molar-refractivity contribution >= 4 is 32.7 Å². The summed E-state index contributed by atoms with van der Waals surface area (Å²) in [6.45, 7) is 0.636. The molecule has 1 unspecified atom stereocenters. The second-order valence-electron chi connectivity index (χ2n) is 4.32. The van der Waals surface area contributed by atoms with Crippen molar-refractivity contribution in [1.29, 1.82) is 0 Å². The molecule has 5 nitrogen and oxygen atoms in total. The number of hydrogen-bond donors (Lipinski definition) is 2. The van der Waals surface area contributed by atoms with Crippen LogP contribution in [-0.2, 0) is 4.74 Å². The van der Waals surface area contributed by atoms with E-state index in [0.29, 0.717) is 27.7 Å². The topological polar surface area (TPSA) is 75.0 Å². The molecular formula is C12H11BrN2O3. The summed E-state index contributed by atoms with van der Waals surface area (Å²) in [5.74, 6) is -0.0386. The number of ketones is 1. The third-order valence-electron chi connectivity index (χ3n) is 3.09. The molecule has 2 heterocycles. The van der Waals surface area contributed by atoms with Crippen LogP contribution in [-0.4, -0.2) is 28.5 Å². The molecule has 1 saturated heterocycles. The Morgan fingerprint density at radius 2 is 2.06 bits per heavy atom. The molecule has 0 bridgehead atoms. The van der Waals surface area contributed by atoms with Gasteiger partial charge < -0.3 is 14.7 Å². The first-order valence-corrected chi connectivity index (χ1v) is 6.52. The van der Waals surface area contributed by atoms with Gasteiger partial charge in [0.2, 0.25) is 0 Å². The van der Waals surface area contributed by atoms with E-state index in [-0.39, 0.29) is 17.6 Å². The van der Waals surface area contributed by atoms with Gasteiger partial charge in [-0.3, -0.25) is 4.79 Å². The zero-order valence-electron chi connectivity index (χ0n) is 9.46. The van der Waals surface area contributed by atoms with Gasteiger partial charge in [-0.1, -0.05) is 0 Å². The van der Waals surface area contributed by atoms with Crippen molar-refractivity contribution in [3.05, 3.63) is 32.7 Å². The second kappa shape index (κ2) is 4.37. The maximum absolute atomic E-state index is 12.3. The van der Waals surface area contributed by atoms with E-state index >= 15 is 0 Å². The summed E-state index contributed by atoms with van der Waals surface area (Å²) in [6.07, 6.45) is 1.31. The zero-order chi connectivity index (χ0) is 12.7. The number of carbonyl (C=O) groups is 1. The Hall–Kier alpha value is -1.40. The number of aromatic nitrogens is 2. The molecule has 1 aromatic heterocycles. The third kappa shape index (κ3) is 1.91. The molecule has 3 rings (SSSR count). The highest BCUT2D eigenvalue weighted by molar-refractivity contribution is 9.10. The minimum absolute atomic E-state index is 0.0386. The van der Waals surface area contributed by atoms with E-state index in [2.05, 4.69) is 25.9 Å². The van der Waals surface area contributed by atoms with E-state index in [1.807, 2.05) is 0 Å². The maximum Gasteiger partial charge on any atom is 0.323 e. The predicted octanol–water partition coefficient (Wildman–Crippen LogP) is 1.98. The summed E-state index contributed by atoms with van der Waals surface area (Å²) in [5.41, 5.74) is 1.57. The van der Waals surface area contributed by atoms with Gasteiger partial charge in [0.1, 0.15) is 6.10 Å². The molecule has 94 valence electrons. The van der Waals surface area contributed by atoms with Gasteiger partial charge >= 0.3 is 5.69 Å². The standard InChI is InChI=1S/C12H11BrN2O3/c13-7-5-9-8(14-12(17)15-9)4-6(7)11(16)10-2-1-3-18-10/h4-5,10H,1-3H2,(H2,14,15,17). The monoisotopic (exact) mass is 310 g/mol. The average molecular weight is 311 g/mol. The summed E-state index contributed by atoms with van der Waals surface area (Å²) in [7, 11) is 0. The normalized spacial score (nSPS) is 19.5. The predicted molar refractivity (Wildman–Crippen MR) is 69.9 cm³/mol. The number of carbonyl (C=O) groups excluding carboxylic acids is 1. The summed E-state index contributed by atoms with van der Waals surface area (Å²) in [6, 6.07) is 3.41. The van der Waals surface area contributed by atoms with Crippen molar-refractivity contribution in [2.45, 2.75) is 18.9 Å². The van der Waals surface area contributed by atoms with E-state index in [1.165, 1.54) is 0 Å². The number of imidazole rings is 1. The van der Waals surface area contributed by atoms with Gasteiger partial charge in [0, 0.05) is 16.6 Å². The molecule has 1 aliphatic rings. The fraction of sp³-hybridized carbons (Fsp3) is 0.333. The van der Waals surface area contributed by atoms with Gasteiger partial charge in [0.05, 0.1) is 11.0 Å². The highest BCUT2D eigenvalue weighted by Crippen LogP contribution is 2.26. The Labute approximate surface area is 111 Å². The molecule has 0 aliphatic carbocycles. The van der Waals surface area contributed by atoms with Crippen LogP contribution in [0, 0.1) is 0 Å². The fourth-order valence-electron chi connectivity index (χ4n) is 2.20. The summed E-state index contributed by atoms with van der Waals surface area (Å²) < 4.78 is 6.06. The van der Waals surface area contributed by atoms with E-state index < -0.39 is 0 Å². The number of halogens is 1. The first-order valence-electron chi connectivity index (χ1n) is 5.72. The molecular weight excluding hydrogens is 300 g/mol. The van der Waals surface area contributed by atoms with Crippen LogP contribution >= 0.6 is 15.9 Å². The van der Waals surface area contributed by atoms with E-state index in [0.717, 1.165) is 12.8 Å². The first kappa shape index (κ1) is 11.7. The molecule has 6 heteroatoms. The fourth-order valence-corrected chi connectivity index (χ4v) is 2.74. The van der Waals surface area contributed by atoms with E-state index in [4.69, 9.17) is 4.74 Å². The summed E-state index contributed by atoms with van der Waals surface area (Å²) in [4.78, 5) is 28.8. The van der Waals surface area contributed by atoms with Crippen molar-refractivity contribution in [1.82, 2.24) is 9.97 Å². The van der Waals surface area contributed by atoms with Gasteiger partial charge in [-0.05, 0) is 40.9 Å². The lowest BCUT2D eigenvalue weighted by Crippen LogP contribution is -2.19. The number of Topliss-reactive ketones (excluding diaryl/α,β-unsaturated/α-hetero) is 1. The number of rotatable bonds is 2. The zero-order valence-corrected chi connectivity index (χ0v) is 11.0. The lowest BCUT2D eigenvalue weighted by molar-refractivity contribution is 0.0642. The molecule has 1 aromatic carbocycles. The Morgan fingerprint density at radius 3 is 2.72 bits per heavy atom. The summed E-state index contributed by atoms with van der Waals surface area (Å²) >= 11 is 3.36. The van der Waals surface area contributed by atoms with Crippen LogP contribution in [0.15, 0.2) is 21.4 Å². The second-order valence-corrected chi connectivity index (χ2v) is 5.18. The van der Waals surface area contributed by atoms with E-state index in [9.17, 15) is 9.59 Å². The van der Waals surface area contributed by atoms with Crippen molar-refractivity contribution in [3.8, 4) is 0 Å². The molecule has 0 radical (unpaired) electrons. The van der Waals surface area contributed by atoms with Crippen molar-refractivity contribution < 1.29 is 9.53 Å². The van der Waals surface area contributed by atoms with Gasteiger partial charge in [-0.25, -0.2) is 4.79 Å². The Balaban J connectivity index is 2.07. The quantitative estimate of drug-likeness (QED) is 0.833. The number of fused-ring (bicyclic) bond motifs is 1. The van der Waals surface area contributed by atoms with Crippen LogP contribution < -0.4 is 5.69 Å². The van der Waals surface area contributed by atoms with Gasteiger partial charge in [-0.15, -0.1) is 0 Å². The smallest absolute Gasteiger partial charge is 0.323 e. The molecule has 0 saturated carbocycles. The third-order valence-corrected chi connectivity index (χ3v) is 3.75. The van der Waals surface area contributed by atoms with Gasteiger partial charge in [0.25, 0.3) is 0 Å². The van der Waals surface area contributed by atoms with Gasteiger partial charge in [-0.2, -0.15) is 0 Å². The largest absolute Gasteiger partial charge is 0.370 e. The minimum atomic E-state index is -0.357. The maximum atomic E-state index is 12.3. The van der Waals surface area contributed by atoms with Crippen LogP contribution in [0.3, 0.4) is 0 Å². The molecule has 2 aromatic rings. The highest BCUT2D eigenvalue weighted by atomic mass is 79.9. The van der Waals surface area contributed by atoms with Crippen LogP contribution in [0.5, 0.6) is 0 Å². The lowest BCUT2D eigenvalue weighted by Gasteiger charge is -2.09. The molecule has 1 atom stereocenters. The lowest BCUT2D eigenvalue weighted by atomic mass is 10.0. The molecule has 1 aliphatic heterocycles. The molecule has 18 heavy (non-hydrogen) atoms. The van der Waals surface area contributed by atoms with E-state index in [1.54, 1.807) is 12.1 Å². The molecule has 2 N–H and O–H groups in total.